The molecule has 6 heteroatoms. The summed E-state index contributed by atoms with van der Waals surface area (Å²) in [5.41, 5.74) is 0.787. The molecular weight excluding hydrogens is 336 g/mol. The number of furan rings is 1. The van der Waals surface area contributed by atoms with Crippen LogP contribution in [-0.4, -0.2) is 18.4 Å². The van der Waals surface area contributed by atoms with Gasteiger partial charge in [0, 0.05) is 6.54 Å². The van der Waals surface area contributed by atoms with E-state index in [0.29, 0.717) is 22.5 Å². The molecule has 0 spiro atoms. The highest BCUT2D eigenvalue weighted by atomic mass is 79.9. The third-order valence-electron chi connectivity index (χ3n) is 2.62. The molecule has 0 aliphatic carbocycles. The molecule has 0 fully saturated rings. The Morgan fingerprint density at radius 1 is 1.19 bits per heavy atom. The van der Waals surface area contributed by atoms with Gasteiger partial charge in [0.15, 0.2) is 10.4 Å². The second-order valence-electron chi connectivity index (χ2n) is 4.10. The molecular formula is C15H13BrN2O3. The maximum absolute atomic E-state index is 12.0. The van der Waals surface area contributed by atoms with Crippen molar-refractivity contribution in [3.8, 4) is 0 Å². The number of carbonyl (C=O) groups excluding carboxylic acids is 2. The van der Waals surface area contributed by atoms with E-state index in [0.717, 1.165) is 0 Å². The predicted octanol–water partition coefficient (Wildman–Crippen LogP) is 3.21. The fourth-order valence-corrected chi connectivity index (χ4v) is 1.98. The third-order valence-corrected chi connectivity index (χ3v) is 3.05. The zero-order valence-electron chi connectivity index (χ0n) is 11.1. The van der Waals surface area contributed by atoms with E-state index in [-0.39, 0.29) is 11.7 Å². The summed E-state index contributed by atoms with van der Waals surface area (Å²) >= 11 is 3.13. The first kappa shape index (κ1) is 15.1. The van der Waals surface area contributed by atoms with E-state index in [4.69, 9.17) is 4.42 Å². The van der Waals surface area contributed by atoms with Crippen molar-refractivity contribution in [1.29, 1.82) is 0 Å². The molecule has 1 aromatic heterocycles. The van der Waals surface area contributed by atoms with Gasteiger partial charge in [-0.1, -0.05) is 18.2 Å². The quantitative estimate of drug-likeness (QED) is 0.815. The normalized spacial score (nSPS) is 9.95. The number of anilines is 1. The van der Waals surface area contributed by atoms with Gasteiger partial charge in [0.2, 0.25) is 0 Å². The van der Waals surface area contributed by atoms with E-state index in [9.17, 15) is 9.59 Å². The molecule has 0 radical (unpaired) electrons. The van der Waals surface area contributed by atoms with E-state index >= 15 is 0 Å². The molecule has 2 rings (SSSR count). The van der Waals surface area contributed by atoms with Gasteiger partial charge in [0.25, 0.3) is 11.8 Å². The predicted molar refractivity (Wildman–Crippen MR) is 83.3 cm³/mol. The first-order chi connectivity index (χ1) is 10.1. The highest BCUT2D eigenvalue weighted by Crippen LogP contribution is 2.18. The summed E-state index contributed by atoms with van der Waals surface area (Å²) in [5, 5.41) is 5.32. The maximum Gasteiger partial charge on any atom is 0.291 e. The van der Waals surface area contributed by atoms with Crippen molar-refractivity contribution in [2.24, 2.45) is 0 Å². The van der Waals surface area contributed by atoms with Crippen molar-refractivity contribution in [2.45, 2.75) is 0 Å². The first-order valence-electron chi connectivity index (χ1n) is 6.16. The van der Waals surface area contributed by atoms with Crippen LogP contribution < -0.4 is 10.6 Å². The van der Waals surface area contributed by atoms with Crippen LogP contribution in [0.3, 0.4) is 0 Å². The molecule has 108 valence electrons. The Bertz CT molecular complexity index is 679. The van der Waals surface area contributed by atoms with Crippen LogP contribution in [0, 0.1) is 0 Å². The summed E-state index contributed by atoms with van der Waals surface area (Å²) in [6, 6.07) is 9.90. The number of para-hydroxylation sites is 1. The molecule has 5 nitrogen and oxygen atoms in total. The lowest BCUT2D eigenvalue weighted by Gasteiger charge is -2.09. The zero-order chi connectivity index (χ0) is 15.2. The van der Waals surface area contributed by atoms with Crippen molar-refractivity contribution in [1.82, 2.24) is 5.32 Å². The highest BCUT2D eigenvalue weighted by molar-refractivity contribution is 9.10. The van der Waals surface area contributed by atoms with Crippen molar-refractivity contribution in [3.63, 3.8) is 0 Å². The monoisotopic (exact) mass is 348 g/mol. The molecule has 21 heavy (non-hydrogen) atoms. The fraction of sp³-hybridized carbons (Fsp3) is 0.0667. The Balaban J connectivity index is 2.18. The van der Waals surface area contributed by atoms with Crippen molar-refractivity contribution in [2.75, 3.05) is 11.9 Å². The van der Waals surface area contributed by atoms with Gasteiger partial charge < -0.3 is 15.1 Å². The molecule has 0 saturated heterocycles. The van der Waals surface area contributed by atoms with Crippen LogP contribution in [0.2, 0.25) is 0 Å². The van der Waals surface area contributed by atoms with Crippen LogP contribution in [0.5, 0.6) is 0 Å². The summed E-state index contributed by atoms with van der Waals surface area (Å²) in [7, 11) is 0. The van der Waals surface area contributed by atoms with Gasteiger partial charge in [-0.25, -0.2) is 0 Å². The highest BCUT2D eigenvalue weighted by Gasteiger charge is 2.15. The molecule has 1 aromatic carbocycles. The SMILES string of the molecule is C=CCNC(=O)c1ccccc1NC(=O)c1ccc(Br)o1. The van der Waals surface area contributed by atoms with E-state index in [1.165, 1.54) is 0 Å². The average Bonchev–Trinajstić information content (AvgIpc) is 2.92. The lowest BCUT2D eigenvalue weighted by molar-refractivity contribution is 0.0959. The molecule has 0 bridgehead atoms. The molecule has 2 aromatic rings. The van der Waals surface area contributed by atoms with Crippen LogP contribution in [-0.2, 0) is 0 Å². The molecule has 0 atom stereocenters. The molecule has 0 saturated carbocycles. The van der Waals surface area contributed by atoms with Crippen molar-refractivity contribution in [3.05, 3.63) is 65.0 Å². The summed E-state index contributed by atoms with van der Waals surface area (Å²) < 4.78 is 5.64. The van der Waals surface area contributed by atoms with Gasteiger partial charge in [0.05, 0.1) is 11.3 Å². The minimum Gasteiger partial charge on any atom is -0.444 e. The molecule has 0 aliphatic heterocycles. The standard InChI is InChI=1S/C15H13BrN2O3/c1-2-9-17-14(19)10-5-3-4-6-11(10)18-15(20)12-7-8-13(16)21-12/h2-8H,1,9H2,(H,17,19)(H,18,20). The molecule has 0 unspecified atom stereocenters. The summed E-state index contributed by atoms with van der Waals surface area (Å²) in [6.45, 7) is 3.89. The van der Waals surface area contributed by atoms with E-state index in [1.54, 1.807) is 42.5 Å². The van der Waals surface area contributed by atoms with Crippen molar-refractivity contribution < 1.29 is 14.0 Å². The number of rotatable bonds is 5. The van der Waals surface area contributed by atoms with Gasteiger partial charge >= 0.3 is 0 Å². The molecule has 2 amide bonds. The molecule has 1 heterocycles. The van der Waals surface area contributed by atoms with Crippen molar-refractivity contribution >= 4 is 33.4 Å². The van der Waals surface area contributed by atoms with Gasteiger partial charge in [0.1, 0.15) is 0 Å². The van der Waals surface area contributed by atoms with Crippen LogP contribution in [0.15, 0.2) is 58.1 Å². The number of hydrogen-bond acceptors (Lipinski definition) is 3. The topological polar surface area (TPSA) is 71.3 Å². The lowest BCUT2D eigenvalue weighted by Crippen LogP contribution is -2.25. The second-order valence-corrected chi connectivity index (χ2v) is 4.88. The Kier molecular flexibility index (Phi) is 4.94. The second kappa shape index (κ2) is 6.90. The molecule has 0 aliphatic rings. The fourth-order valence-electron chi connectivity index (χ4n) is 1.67. The van der Waals surface area contributed by atoms with Gasteiger partial charge in [-0.3, -0.25) is 9.59 Å². The van der Waals surface area contributed by atoms with Gasteiger partial charge in [-0.15, -0.1) is 6.58 Å². The minimum absolute atomic E-state index is 0.156. The number of hydrogen-bond donors (Lipinski definition) is 2. The summed E-state index contributed by atoms with van der Waals surface area (Å²) in [5.74, 6) is -0.556. The largest absolute Gasteiger partial charge is 0.444 e. The van der Waals surface area contributed by atoms with Crippen LogP contribution in [0.1, 0.15) is 20.9 Å². The number of benzene rings is 1. The number of nitrogens with one attached hydrogen (secondary N) is 2. The van der Waals surface area contributed by atoms with Crippen LogP contribution >= 0.6 is 15.9 Å². The number of halogens is 1. The smallest absolute Gasteiger partial charge is 0.291 e. The Morgan fingerprint density at radius 3 is 2.62 bits per heavy atom. The zero-order valence-corrected chi connectivity index (χ0v) is 12.6. The minimum atomic E-state index is -0.426. The Hall–Kier alpha value is -2.34. The number of amides is 2. The van der Waals surface area contributed by atoms with Gasteiger partial charge in [-0.05, 0) is 40.2 Å². The number of carbonyl (C=O) groups is 2. The summed E-state index contributed by atoms with van der Waals surface area (Å²) in [4.78, 5) is 24.0. The first-order valence-corrected chi connectivity index (χ1v) is 6.96. The van der Waals surface area contributed by atoms with E-state index < -0.39 is 5.91 Å². The maximum atomic E-state index is 12.0. The van der Waals surface area contributed by atoms with Crippen LogP contribution in [0.4, 0.5) is 5.69 Å². The van der Waals surface area contributed by atoms with Crippen LogP contribution in [0.25, 0.3) is 0 Å². The van der Waals surface area contributed by atoms with Gasteiger partial charge in [-0.2, -0.15) is 0 Å². The third kappa shape index (κ3) is 3.82. The summed E-state index contributed by atoms with van der Waals surface area (Å²) in [6.07, 6.45) is 1.58. The average molecular weight is 349 g/mol. The van der Waals surface area contributed by atoms with E-state index in [1.807, 2.05) is 0 Å². The Morgan fingerprint density at radius 2 is 1.95 bits per heavy atom. The Labute approximate surface area is 130 Å². The lowest BCUT2D eigenvalue weighted by atomic mass is 10.1. The van der Waals surface area contributed by atoms with E-state index in [2.05, 4.69) is 33.1 Å². The molecule has 2 N–H and O–H groups in total.